The molecule has 0 aromatic rings. The Bertz CT molecular complexity index is 2970. The van der Waals surface area contributed by atoms with Gasteiger partial charge in [-0.25, -0.2) is 9.13 Å². The van der Waals surface area contributed by atoms with E-state index in [0.717, 1.165) is 173 Å². The van der Waals surface area contributed by atoms with Gasteiger partial charge < -0.3 is 34.2 Å². The van der Waals surface area contributed by atoms with Crippen LogP contribution in [0.2, 0.25) is 0 Å². The van der Waals surface area contributed by atoms with E-state index in [0.29, 0.717) is 19.3 Å². The maximum Gasteiger partial charge on any atom is 0.472 e. The Balaban J connectivity index is 4.53. The molecule has 0 rings (SSSR count). The third-order valence-corrected chi connectivity index (χ3v) is 22.5. The fraction of sp³-hybridized carbons (Fsp3) is 0.686. The summed E-state index contributed by atoms with van der Waals surface area (Å²) < 4.78 is 61.6. The lowest BCUT2D eigenvalue weighted by Gasteiger charge is -2.21. The molecule has 5 atom stereocenters. The number of allylic oxidation sites excluding steroid dienone is 30. The number of rotatable bonds is 92. The van der Waals surface area contributed by atoms with Gasteiger partial charge in [0.05, 0.1) is 26.4 Å². The Morgan fingerprint density at radius 3 is 0.642 bits per heavy atom. The van der Waals surface area contributed by atoms with Gasteiger partial charge in [0.2, 0.25) is 0 Å². The van der Waals surface area contributed by atoms with Gasteiger partial charge in [0.25, 0.3) is 0 Å². The molecule has 18 heteroatoms. The molecule has 5 unspecified atom stereocenters. The van der Waals surface area contributed by atoms with Crippen molar-refractivity contribution in [3.05, 3.63) is 182 Å². The first-order chi connectivity index (χ1) is 60.2. The number of esters is 3. The summed E-state index contributed by atoms with van der Waals surface area (Å²) in [4.78, 5) is 59.1. The minimum atomic E-state index is -4.95. The van der Waals surface area contributed by atoms with Crippen molar-refractivity contribution in [2.45, 2.75) is 424 Å². The van der Waals surface area contributed by atoms with Crippen LogP contribution in [0.1, 0.15) is 406 Å². The first-order valence-corrected chi connectivity index (χ1v) is 52.1. The highest BCUT2D eigenvalue weighted by Gasteiger charge is 2.30. The Labute approximate surface area is 751 Å². The van der Waals surface area contributed by atoms with Gasteiger partial charge in [0.15, 0.2) is 6.10 Å². The van der Waals surface area contributed by atoms with Crippen molar-refractivity contribution in [1.82, 2.24) is 0 Å². The summed E-state index contributed by atoms with van der Waals surface area (Å²) >= 11 is 0. The number of hydrogen-bond donors (Lipinski definition) is 4. The van der Waals surface area contributed by atoms with Crippen molar-refractivity contribution in [2.24, 2.45) is 0 Å². The van der Waals surface area contributed by atoms with Gasteiger partial charge in [-0.1, -0.05) is 415 Å². The minimum Gasteiger partial charge on any atom is -0.463 e. The molecule has 0 spiro atoms. The van der Waals surface area contributed by atoms with E-state index in [4.69, 9.17) is 32.3 Å². The number of carbonyl (C=O) groups is 3. The molecular weight excluding hydrogens is 1580 g/mol. The number of phosphoric ester groups is 2. The van der Waals surface area contributed by atoms with Crippen LogP contribution in [0.15, 0.2) is 182 Å². The Hall–Kier alpha value is -5.35. The molecule has 0 aromatic carbocycles. The highest BCUT2D eigenvalue weighted by molar-refractivity contribution is 7.47. The Kier molecular flexibility index (Phi) is 91.6. The lowest BCUT2D eigenvalue weighted by Crippen LogP contribution is -2.30. The van der Waals surface area contributed by atoms with Crippen LogP contribution in [-0.2, 0) is 55.8 Å². The zero-order valence-electron chi connectivity index (χ0n) is 77.8. The van der Waals surface area contributed by atoms with Gasteiger partial charge >= 0.3 is 33.6 Å². The van der Waals surface area contributed by atoms with Crippen molar-refractivity contribution >= 4 is 33.6 Å². The van der Waals surface area contributed by atoms with E-state index < -0.39 is 91.5 Å². The zero-order valence-corrected chi connectivity index (χ0v) is 79.6. The first kappa shape index (κ1) is 118. The molecule has 0 saturated heterocycles. The highest BCUT2D eigenvalue weighted by Crippen LogP contribution is 2.45. The van der Waals surface area contributed by atoms with Crippen LogP contribution in [0.5, 0.6) is 0 Å². The van der Waals surface area contributed by atoms with Crippen molar-refractivity contribution < 1.29 is 75.8 Å². The van der Waals surface area contributed by atoms with Crippen LogP contribution in [0, 0.1) is 0 Å². The molecule has 16 nitrogen and oxygen atoms in total. The molecule has 0 heterocycles. The lowest BCUT2D eigenvalue weighted by atomic mass is 10.0. The summed E-state index contributed by atoms with van der Waals surface area (Å²) in [6, 6.07) is 0. The third kappa shape index (κ3) is 97.1. The third-order valence-electron chi connectivity index (χ3n) is 20.6. The van der Waals surface area contributed by atoms with Crippen molar-refractivity contribution in [3.8, 4) is 0 Å². The van der Waals surface area contributed by atoms with Crippen LogP contribution in [0.4, 0.5) is 0 Å². The Morgan fingerprint density at radius 1 is 0.228 bits per heavy atom. The van der Waals surface area contributed by atoms with E-state index in [1.54, 1.807) is 0 Å². The van der Waals surface area contributed by atoms with E-state index in [-0.39, 0.29) is 19.3 Å². The molecule has 0 aliphatic rings. The van der Waals surface area contributed by atoms with Crippen molar-refractivity contribution in [2.75, 3.05) is 39.6 Å². The van der Waals surface area contributed by atoms with E-state index in [9.17, 15) is 43.5 Å². The van der Waals surface area contributed by atoms with Crippen LogP contribution in [0.25, 0.3) is 0 Å². The van der Waals surface area contributed by atoms with Gasteiger partial charge in [-0.2, -0.15) is 0 Å². The van der Waals surface area contributed by atoms with Crippen molar-refractivity contribution in [3.63, 3.8) is 0 Å². The predicted octanol–water partition coefficient (Wildman–Crippen LogP) is 30.8. The molecular formula is C105H178O16P2. The summed E-state index contributed by atoms with van der Waals surface area (Å²) in [5.41, 5.74) is 0. The van der Waals surface area contributed by atoms with Crippen LogP contribution in [-0.4, -0.2) is 95.9 Å². The predicted molar refractivity (Wildman–Crippen MR) is 518 cm³/mol. The monoisotopic (exact) mass is 1760 g/mol. The second-order valence-electron chi connectivity index (χ2n) is 32.4. The van der Waals surface area contributed by atoms with Crippen LogP contribution in [0.3, 0.4) is 0 Å². The SMILES string of the molecule is CC/C=C\C/C=C\C/C=C\C/C=C\C/C=C\CCCCCCCCCCCCCCCCCCCCCC(=O)OCC(O)COP(=O)(O)OCC(O)COP(=O)(O)OCC(COC(=O)CCCCCCCCCCCCCCCCC/C=C\C/C=C\C/C=C\C/C=C\C/C=C\CC)OC(=O)CCCCCCC/C=C\C/C=C\C/C=C\C/C=C\C/C=C\CC. The summed E-state index contributed by atoms with van der Waals surface area (Å²) in [7, 11) is -9.82. The molecule has 123 heavy (non-hydrogen) atoms. The molecule has 704 valence electrons. The normalized spacial score (nSPS) is 14.5. The molecule has 0 aromatic heterocycles. The minimum absolute atomic E-state index is 0.0788. The van der Waals surface area contributed by atoms with Gasteiger partial charge in [-0.3, -0.25) is 32.5 Å². The first-order valence-electron chi connectivity index (χ1n) is 49.1. The molecule has 0 bridgehead atoms. The fourth-order valence-corrected chi connectivity index (χ4v) is 14.9. The maximum absolute atomic E-state index is 13.1. The van der Waals surface area contributed by atoms with E-state index in [2.05, 4.69) is 203 Å². The molecule has 0 aliphatic carbocycles. The zero-order chi connectivity index (χ0) is 89.3. The van der Waals surface area contributed by atoms with Crippen LogP contribution < -0.4 is 0 Å². The topological polar surface area (TPSA) is 231 Å². The smallest absolute Gasteiger partial charge is 0.463 e. The number of carbonyl (C=O) groups excluding carboxylic acids is 3. The lowest BCUT2D eigenvalue weighted by molar-refractivity contribution is -0.161. The van der Waals surface area contributed by atoms with Crippen LogP contribution >= 0.6 is 15.6 Å². The molecule has 0 amide bonds. The molecule has 0 saturated carbocycles. The van der Waals surface area contributed by atoms with E-state index >= 15 is 0 Å². The summed E-state index contributed by atoms with van der Waals surface area (Å²) in [5, 5.41) is 20.8. The van der Waals surface area contributed by atoms with Crippen molar-refractivity contribution in [1.29, 1.82) is 0 Å². The summed E-state index contributed by atoms with van der Waals surface area (Å²) in [5.74, 6) is -1.59. The number of phosphoric acid groups is 2. The summed E-state index contributed by atoms with van der Waals surface area (Å²) in [6.45, 7) is 2.37. The van der Waals surface area contributed by atoms with Gasteiger partial charge in [0, 0.05) is 19.3 Å². The Morgan fingerprint density at radius 2 is 0.407 bits per heavy atom. The molecule has 4 N–H and O–H groups in total. The fourth-order valence-electron chi connectivity index (χ4n) is 13.3. The molecule has 0 aliphatic heterocycles. The standard InChI is InChI=1S/C105H178O16P2/c1-4-7-10-13-16-19-22-25-28-31-34-37-39-41-43-45-47-48-49-50-52-54-55-57-59-62-64-67-70-73-76-79-82-85-88-91-103(108)115-94-100(106)95-117-122(111,112)118-96-101(107)97-119-123(113,114)120-99-102(121-105(110)93-90-87-84-81-78-75-72-69-66-61-36-33-30-27-24-21-18-15-12-9-6-3)98-116-104(109)92-89-86-83-80-77-74-71-68-65-63-60-58-56-53-51-46-44-42-40-38-35-32-29-26-23-20-17-14-11-8-5-2/h7-12,16-21,25-30,34-38,41-44,61,69,72,100-102,106-107H,4-6,13-15,22-24,31-33,39-40,45-60,62-68,70-71,73-99H2,1-3H3,(H,111,112)(H,113,114)/b10-7-,11-8-,12-9-,19-16-,20-17-,21-18-,28-25-,29-26-,30-27-,37-34-,38-35-,43-41-,44-42-,61-36-,72-69-. The second kappa shape index (κ2) is 95.7. The average molecular weight is 1760 g/mol. The number of hydrogen-bond acceptors (Lipinski definition) is 14. The number of unbranched alkanes of at least 4 members (excludes halogenated alkanes) is 39. The highest BCUT2D eigenvalue weighted by atomic mass is 31.2. The number of aliphatic hydroxyl groups excluding tert-OH is 2. The average Bonchev–Trinajstić information content (AvgIpc) is 0.898. The molecule has 0 fully saturated rings. The molecule has 0 radical (unpaired) electrons. The van der Waals surface area contributed by atoms with E-state index in [1.165, 1.54) is 173 Å². The number of aliphatic hydroxyl groups is 2. The van der Waals surface area contributed by atoms with E-state index in [1.807, 2.05) is 0 Å². The van der Waals surface area contributed by atoms with Gasteiger partial charge in [-0.15, -0.1) is 0 Å². The second-order valence-corrected chi connectivity index (χ2v) is 35.3. The largest absolute Gasteiger partial charge is 0.472 e. The summed E-state index contributed by atoms with van der Waals surface area (Å²) in [6.07, 6.45) is 127. The van der Waals surface area contributed by atoms with Gasteiger partial charge in [-0.05, 0) is 154 Å². The van der Waals surface area contributed by atoms with Gasteiger partial charge in [0.1, 0.15) is 25.4 Å². The quantitative estimate of drug-likeness (QED) is 0.0146. The maximum atomic E-state index is 13.1. The number of ether oxygens (including phenoxy) is 3.